The van der Waals surface area contributed by atoms with Crippen LogP contribution in [0.2, 0.25) is 4.34 Å². The highest BCUT2D eigenvalue weighted by molar-refractivity contribution is 7.16. The average molecular weight is 315 g/mol. The first kappa shape index (κ1) is 15.8. The number of carbonyl (C=O) groups is 1. The summed E-state index contributed by atoms with van der Waals surface area (Å²) in [7, 11) is 0. The standard InChI is InChI=1S/C15H23ClN2OS/c1-10(2)9-18-15(19)6-7-17-12-4-3-5-13-11(12)8-14(16)20-13/h8,10,12,17H,3-7,9H2,1-2H3,(H,18,19). The third kappa shape index (κ3) is 4.47. The van der Waals surface area contributed by atoms with Crippen molar-refractivity contribution in [2.24, 2.45) is 5.92 Å². The van der Waals surface area contributed by atoms with Crippen molar-refractivity contribution in [2.45, 2.75) is 45.6 Å². The molecule has 1 aromatic heterocycles. The second kappa shape index (κ2) is 7.43. The maximum atomic E-state index is 11.7. The van der Waals surface area contributed by atoms with E-state index in [9.17, 15) is 4.79 Å². The van der Waals surface area contributed by atoms with Gasteiger partial charge in [-0.25, -0.2) is 0 Å². The lowest BCUT2D eigenvalue weighted by Gasteiger charge is -2.23. The summed E-state index contributed by atoms with van der Waals surface area (Å²) in [6.45, 7) is 5.68. The van der Waals surface area contributed by atoms with Crippen molar-refractivity contribution in [1.82, 2.24) is 10.6 Å². The highest BCUT2D eigenvalue weighted by Crippen LogP contribution is 2.37. The molecule has 0 saturated carbocycles. The van der Waals surface area contributed by atoms with E-state index in [1.165, 1.54) is 16.9 Å². The molecule has 1 aliphatic carbocycles. The van der Waals surface area contributed by atoms with Crippen LogP contribution in [0.15, 0.2) is 6.07 Å². The zero-order valence-corrected chi connectivity index (χ0v) is 13.7. The number of rotatable bonds is 6. The molecule has 1 heterocycles. The Morgan fingerprint density at radius 2 is 2.35 bits per heavy atom. The maximum Gasteiger partial charge on any atom is 0.221 e. The van der Waals surface area contributed by atoms with E-state index in [0.717, 1.165) is 30.3 Å². The fourth-order valence-electron chi connectivity index (χ4n) is 2.50. The van der Waals surface area contributed by atoms with Crippen molar-refractivity contribution in [3.63, 3.8) is 0 Å². The average Bonchev–Trinajstić information content (AvgIpc) is 2.77. The molecule has 20 heavy (non-hydrogen) atoms. The summed E-state index contributed by atoms with van der Waals surface area (Å²) >= 11 is 7.79. The quantitative estimate of drug-likeness (QED) is 0.843. The highest BCUT2D eigenvalue weighted by Gasteiger charge is 2.22. The first-order valence-corrected chi connectivity index (χ1v) is 8.54. The molecule has 0 fully saturated rings. The molecule has 1 atom stereocenters. The van der Waals surface area contributed by atoms with Gasteiger partial charge in [0.05, 0.1) is 4.34 Å². The van der Waals surface area contributed by atoms with Crippen molar-refractivity contribution in [3.8, 4) is 0 Å². The molecule has 0 bridgehead atoms. The Kier molecular flexibility index (Phi) is 5.87. The van der Waals surface area contributed by atoms with Gasteiger partial charge in [-0.3, -0.25) is 4.79 Å². The van der Waals surface area contributed by atoms with Gasteiger partial charge in [-0.2, -0.15) is 0 Å². The van der Waals surface area contributed by atoms with Gasteiger partial charge in [0.1, 0.15) is 0 Å². The van der Waals surface area contributed by atoms with E-state index in [-0.39, 0.29) is 5.91 Å². The van der Waals surface area contributed by atoms with Gasteiger partial charge >= 0.3 is 0 Å². The highest BCUT2D eigenvalue weighted by atomic mass is 35.5. The van der Waals surface area contributed by atoms with Crippen LogP contribution in [-0.2, 0) is 11.2 Å². The van der Waals surface area contributed by atoms with Crippen LogP contribution >= 0.6 is 22.9 Å². The van der Waals surface area contributed by atoms with Crippen LogP contribution < -0.4 is 10.6 Å². The predicted octanol–water partition coefficient (Wildman–Crippen LogP) is 3.53. The summed E-state index contributed by atoms with van der Waals surface area (Å²) in [6.07, 6.45) is 4.00. The fraction of sp³-hybridized carbons (Fsp3) is 0.667. The second-order valence-corrected chi connectivity index (χ2v) is 7.54. The van der Waals surface area contributed by atoms with Gasteiger partial charge in [0.25, 0.3) is 0 Å². The van der Waals surface area contributed by atoms with Crippen LogP contribution in [0.5, 0.6) is 0 Å². The SMILES string of the molecule is CC(C)CNC(=O)CCNC1CCCc2sc(Cl)cc21. The number of nitrogens with one attached hydrogen (secondary N) is 2. The van der Waals surface area contributed by atoms with Crippen LogP contribution in [0.4, 0.5) is 0 Å². The van der Waals surface area contributed by atoms with E-state index >= 15 is 0 Å². The Hall–Kier alpha value is -0.580. The molecule has 0 aliphatic heterocycles. The molecule has 0 saturated heterocycles. The van der Waals surface area contributed by atoms with E-state index in [4.69, 9.17) is 11.6 Å². The van der Waals surface area contributed by atoms with Crippen LogP contribution in [0.25, 0.3) is 0 Å². The van der Waals surface area contributed by atoms with E-state index in [1.807, 2.05) is 0 Å². The van der Waals surface area contributed by atoms with Crippen molar-refractivity contribution in [2.75, 3.05) is 13.1 Å². The van der Waals surface area contributed by atoms with Crippen LogP contribution in [0.3, 0.4) is 0 Å². The Bertz CT molecular complexity index is 459. The van der Waals surface area contributed by atoms with Gasteiger partial charge in [-0.1, -0.05) is 25.4 Å². The molecular formula is C15H23ClN2OS. The van der Waals surface area contributed by atoms with Gasteiger partial charge in [-0.15, -0.1) is 11.3 Å². The third-order valence-corrected chi connectivity index (χ3v) is 4.87. The molecule has 1 amide bonds. The summed E-state index contributed by atoms with van der Waals surface area (Å²) in [4.78, 5) is 13.1. The Morgan fingerprint density at radius 1 is 1.55 bits per heavy atom. The van der Waals surface area contributed by atoms with Crippen molar-refractivity contribution in [1.29, 1.82) is 0 Å². The van der Waals surface area contributed by atoms with Crippen molar-refractivity contribution in [3.05, 3.63) is 20.8 Å². The molecule has 1 unspecified atom stereocenters. The van der Waals surface area contributed by atoms with Gasteiger partial charge < -0.3 is 10.6 Å². The van der Waals surface area contributed by atoms with Gasteiger partial charge in [0, 0.05) is 30.4 Å². The van der Waals surface area contributed by atoms with Gasteiger partial charge in [0.15, 0.2) is 0 Å². The topological polar surface area (TPSA) is 41.1 Å². The van der Waals surface area contributed by atoms with E-state index < -0.39 is 0 Å². The third-order valence-electron chi connectivity index (χ3n) is 3.53. The summed E-state index contributed by atoms with van der Waals surface area (Å²) in [5.41, 5.74) is 1.34. The zero-order valence-electron chi connectivity index (χ0n) is 12.2. The van der Waals surface area contributed by atoms with Gasteiger partial charge in [-0.05, 0) is 36.8 Å². The number of carbonyl (C=O) groups excluding carboxylic acids is 1. The minimum atomic E-state index is 0.130. The van der Waals surface area contributed by atoms with E-state index in [0.29, 0.717) is 18.4 Å². The number of amides is 1. The van der Waals surface area contributed by atoms with Crippen LogP contribution in [0.1, 0.15) is 49.6 Å². The monoisotopic (exact) mass is 314 g/mol. The lowest BCUT2D eigenvalue weighted by molar-refractivity contribution is -0.121. The molecule has 5 heteroatoms. The minimum Gasteiger partial charge on any atom is -0.356 e. The van der Waals surface area contributed by atoms with Crippen molar-refractivity contribution >= 4 is 28.8 Å². The maximum absolute atomic E-state index is 11.7. The molecule has 0 aromatic carbocycles. The molecular weight excluding hydrogens is 292 g/mol. The fourth-order valence-corrected chi connectivity index (χ4v) is 3.88. The number of halogens is 1. The first-order valence-electron chi connectivity index (χ1n) is 7.34. The zero-order chi connectivity index (χ0) is 14.5. The summed E-state index contributed by atoms with van der Waals surface area (Å²) < 4.78 is 0.873. The molecule has 0 spiro atoms. The molecule has 1 aromatic rings. The molecule has 2 rings (SSSR count). The summed E-state index contributed by atoms with van der Waals surface area (Å²) in [5.74, 6) is 0.631. The Morgan fingerprint density at radius 3 is 3.10 bits per heavy atom. The Balaban J connectivity index is 1.76. The lowest BCUT2D eigenvalue weighted by atomic mass is 9.94. The number of thiophene rings is 1. The van der Waals surface area contributed by atoms with Crippen LogP contribution in [0, 0.1) is 5.92 Å². The first-order chi connectivity index (χ1) is 9.56. The van der Waals surface area contributed by atoms with Gasteiger partial charge in [0.2, 0.25) is 5.91 Å². The molecule has 112 valence electrons. The minimum absolute atomic E-state index is 0.130. The number of fused-ring (bicyclic) bond motifs is 1. The second-order valence-electron chi connectivity index (χ2n) is 5.78. The predicted molar refractivity (Wildman–Crippen MR) is 85.5 cm³/mol. The smallest absolute Gasteiger partial charge is 0.221 e. The molecule has 0 radical (unpaired) electrons. The van der Waals surface area contributed by atoms with Crippen molar-refractivity contribution < 1.29 is 4.79 Å². The molecule has 2 N–H and O–H groups in total. The van der Waals surface area contributed by atoms with E-state index in [2.05, 4.69) is 30.5 Å². The van der Waals surface area contributed by atoms with E-state index in [1.54, 1.807) is 11.3 Å². The normalized spacial score (nSPS) is 18.1. The number of hydrogen-bond donors (Lipinski definition) is 2. The van der Waals surface area contributed by atoms with Crippen LogP contribution in [-0.4, -0.2) is 19.0 Å². The number of aryl methyl sites for hydroxylation is 1. The summed E-state index contributed by atoms with van der Waals surface area (Å²) in [6, 6.07) is 2.44. The Labute approximate surface area is 130 Å². The largest absolute Gasteiger partial charge is 0.356 e. The molecule has 3 nitrogen and oxygen atoms in total. The lowest BCUT2D eigenvalue weighted by Crippen LogP contribution is -2.32. The molecule has 1 aliphatic rings. The summed E-state index contributed by atoms with van der Waals surface area (Å²) in [5, 5.41) is 6.44. The number of hydrogen-bond acceptors (Lipinski definition) is 3.